The third kappa shape index (κ3) is 15.2. The van der Waals surface area contributed by atoms with Crippen LogP contribution in [0.5, 0.6) is 0 Å². The molecule has 0 aromatic carbocycles. The van der Waals surface area contributed by atoms with Crippen molar-refractivity contribution in [2.75, 3.05) is 0 Å². The average molecular weight is 334 g/mol. The molecule has 0 amide bonds. The molecule has 0 aromatic heterocycles. The van der Waals surface area contributed by atoms with Crippen LogP contribution in [0.1, 0.15) is 124 Å². The highest BCUT2D eigenvalue weighted by Crippen LogP contribution is 2.26. The summed E-state index contributed by atoms with van der Waals surface area (Å²) in [5.41, 5.74) is 6.92. The predicted octanol–water partition coefficient (Wildman–Crippen LogP) is 7.41. The lowest BCUT2D eigenvalue weighted by molar-refractivity contribution is 0.303. The van der Waals surface area contributed by atoms with E-state index < -0.39 is 0 Å². The molecule has 0 unspecified atom stereocenters. The van der Waals surface area contributed by atoms with E-state index in [2.05, 4.69) is 20.8 Å². The summed E-state index contributed by atoms with van der Waals surface area (Å²) in [6.07, 6.45) is 21.5. The molecule has 0 rings (SSSR count). The Balaban J connectivity index is 0. The monoisotopic (exact) mass is 333 g/mol. The lowest BCUT2D eigenvalue weighted by Crippen LogP contribution is -2.39. The summed E-state index contributed by atoms with van der Waals surface area (Å²) in [7, 11) is 0. The van der Waals surface area contributed by atoms with Gasteiger partial charge in [-0.1, -0.05) is 104 Å². The van der Waals surface area contributed by atoms with E-state index in [4.69, 9.17) is 5.73 Å². The van der Waals surface area contributed by atoms with Gasteiger partial charge in [0.1, 0.15) is 0 Å². The Labute approximate surface area is 147 Å². The molecule has 2 heteroatoms. The van der Waals surface area contributed by atoms with Crippen molar-refractivity contribution in [2.24, 2.45) is 5.73 Å². The van der Waals surface area contributed by atoms with Gasteiger partial charge in [0.2, 0.25) is 0 Å². The van der Waals surface area contributed by atoms with Gasteiger partial charge >= 0.3 is 0 Å². The number of halogens is 1. The van der Waals surface area contributed by atoms with Crippen molar-refractivity contribution in [3.8, 4) is 0 Å². The molecule has 0 aliphatic rings. The molecule has 136 valence electrons. The number of hydrogen-bond acceptors (Lipinski definition) is 1. The smallest absolute Gasteiger partial charge is 0.0154 e. The molecule has 1 nitrogen and oxygen atoms in total. The summed E-state index contributed by atoms with van der Waals surface area (Å²) in [5, 5.41) is 0. The summed E-state index contributed by atoms with van der Waals surface area (Å²) in [4.78, 5) is 0. The predicted molar refractivity (Wildman–Crippen MR) is 105 cm³/mol. The van der Waals surface area contributed by atoms with E-state index in [0.29, 0.717) is 0 Å². The first-order valence-electron chi connectivity index (χ1n) is 9.97. The Kier molecular flexibility index (Phi) is 19.6. The summed E-state index contributed by atoms with van der Waals surface area (Å²) < 4.78 is 0. The van der Waals surface area contributed by atoms with Gasteiger partial charge in [-0.2, -0.15) is 0 Å². The van der Waals surface area contributed by atoms with Crippen molar-refractivity contribution in [3.05, 3.63) is 0 Å². The molecule has 0 atom stereocenters. The molecule has 0 saturated heterocycles. The fourth-order valence-electron chi connectivity index (χ4n) is 3.26. The van der Waals surface area contributed by atoms with E-state index in [1.807, 2.05) is 0 Å². The molecule has 0 radical (unpaired) electrons. The zero-order valence-corrected chi connectivity index (χ0v) is 16.6. The maximum absolute atomic E-state index is 6.78. The topological polar surface area (TPSA) is 26.0 Å². The van der Waals surface area contributed by atoms with Crippen molar-refractivity contribution in [2.45, 2.75) is 129 Å². The van der Waals surface area contributed by atoms with Crippen molar-refractivity contribution < 1.29 is 0 Å². The van der Waals surface area contributed by atoms with Crippen LogP contribution in [0.2, 0.25) is 0 Å². The fourth-order valence-corrected chi connectivity index (χ4v) is 3.26. The molecule has 2 N–H and O–H groups in total. The van der Waals surface area contributed by atoms with Gasteiger partial charge in [-0.25, -0.2) is 0 Å². The lowest BCUT2D eigenvalue weighted by Gasteiger charge is -2.30. The maximum Gasteiger partial charge on any atom is 0.0154 e. The minimum Gasteiger partial charge on any atom is -0.325 e. The molecule has 0 aliphatic heterocycles. The zero-order chi connectivity index (χ0) is 15.8. The van der Waals surface area contributed by atoms with E-state index in [0.717, 1.165) is 0 Å². The van der Waals surface area contributed by atoms with E-state index in [9.17, 15) is 0 Å². The number of rotatable bonds is 16. The van der Waals surface area contributed by atoms with Crippen LogP contribution in [-0.2, 0) is 0 Å². The van der Waals surface area contributed by atoms with E-state index in [1.165, 1.54) is 103 Å². The standard InChI is InChI=1S/C20H43N.ClH/c1-4-7-10-13-16-19-20(21,17-14-11-8-5-2)18-15-12-9-6-3;/h4-19,21H2,1-3H3;1H. The molecule has 0 aliphatic carbocycles. The van der Waals surface area contributed by atoms with E-state index in [1.54, 1.807) is 0 Å². The van der Waals surface area contributed by atoms with E-state index in [-0.39, 0.29) is 17.9 Å². The number of unbranched alkanes of at least 4 members (excludes halogenated alkanes) is 10. The van der Waals surface area contributed by atoms with Crippen LogP contribution >= 0.6 is 12.4 Å². The Morgan fingerprint density at radius 2 is 0.773 bits per heavy atom. The Morgan fingerprint density at radius 1 is 0.500 bits per heavy atom. The van der Waals surface area contributed by atoms with Crippen LogP contribution in [0.3, 0.4) is 0 Å². The number of nitrogens with two attached hydrogens (primary N) is 1. The molecule has 0 bridgehead atoms. The molecule has 0 spiro atoms. The Bertz CT molecular complexity index is 194. The second kappa shape index (κ2) is 17.6. The molecular formula is C20H44ClN. The number of hydrogen-bond donors (Lipinski definition) is 1. The Morgan fingerprint density at radius 3 is 1.09 bits per heavy atom. The van der Waals surface area contributed by atoms with Gasteiger partial charge < -0.3 is 5.73 Å². The lowest BCUT2D eigenvalue weighted by atomic mass is 9.83. The second-order valence-corrected chi connectivity index (χ2v) is 7.15. The highest BCUT2D eigenvalue weighted by Gasteiger charge is 2.23. The first kappa shape index (κ1) is 24.5. The molecular weight excluding hydrogens is 290 g/mol. The van der Waals surface area contributed by atoms with E-state index >= 15 is 0 Å². The minimum absolute atomic E-state index is 0. The third-order valence-electron chi connectivity index (χ3n) is 4.83. The molecule has 0 aromatic rings. The van der Waals surface area contributed by atoms with Crippen LogP contribution in [0.25, 0.3) is 0 Å². The highest BCUT2D eigenvalue weighted by atomic mass is 35.5. The van der Waals surface area contributed by atoms with Gasteiger partial charge in [0, 0.05) is 5.54 Å². The average Bonchev–Trinajstić information content (AvgIpc) is 2.48. The van der Waals surface area contributed by atoms with Crippen LogP contribution in [0, 0.1) is 0 Å². The molecule has 0 saturated carbocycles. The normalized spacial score (nSPS) is 11.5. The van der Waals surface area contributed by atoms with Crippen LogP contribution in [0.15, 0.2) is 0 Å². The fraction of sp³-hybridized carbons (Fsp3) is 1.00. The highest BCUT2D eigenvalue weighted by molar-refractivity contribution is 5.85. The second-order valence-electron chi connectivity index (χ2n) is 7.15. The van der Waals surface area contributed by atoms with Crippen molar-refractivity contribution in [3.63, 3.8) is 0 Å². The SMILES string of the molecule is CCCCCCCC(N)(CCCCCC)CCCCCC.Cl. The van der Waals surface area contributed by atoms with Gasteiger partial charge in [-0.3, -0.25) is 0 Å². The van der Waals surface area contributed by atoms with Gasteiger partial charge in [0.15, 0.2) is 0 Å². The van der Waals surface area contributed by atoms with Crippen LogP contribution in [0.4, 0.5) is 0 Å². The van der Waals surface area contributed by atoms with Crippen LogP contribution in [-0.4, -0.2) is 5.54 Å². The van der Waals surface area contributed by atoms with Crippen LogP contribution < -0.4 is 5.73 Å². The largest absolute Gasteiger partial charge is 0.325 e. The quantitative estimate of drug-likeness (QED) is 0.292. The summed E-state index contributed by atoms with van der Waals surface area (Å²) >= 11 is 0. The Hall–Kier alpha value is 0.250. The maximum atomic E-state index is 6.78. The molecule has 0 fully saturated rings. The molecule has 0 heterocycles. The minimum atomic E-state index is 0. The van der Waals surface area contributed by atoms with Crippen molar-refractivity contribution in [1.29, 1.82) is 0 Å². The van der Waals surface area contributed by atoms with Gasteiger partial charge in [0.05, 0.1) is 0 Å². The van der Waals surface area contributed by atoms with Gasteiger partial charge in [0.25, 0.3) is 0 Å². The van der Waals surface area contributed by atoms with Gasteiger partial charge in [-0.05, 0) is 19.3 Å². The zero-order valence-electron chi connectivity index (χ0n) is 15.8. The van der Waals surface area contributed by atoms with Gasteiger partial charge in [-0.15, -0.1) is 12.4 Å². The van der Waals surface area contributed by atoms with Crippen molar-refractivity contribution >= 4 is 12.4 Å². The third-order valence-corrected chi connectivity index (χ3v) is 4.83. The summed E-state index contributed by atoms with van der Waals surface area (Å²) in [6, 6.07) is 0. The van der Waals surface area contributed by atoms with Crippen molar-refractivity contribution in [1.82, 2.24) is 0 Å². The first-order chi connectivity index (χ1) is 10.2. The summed E-state index contributed by atoms with van der Waals surface area (Å²) in [6.45, 7) is 6.86. The molecule has 22 heavy (non-hydrogen) atoms. The summed E-state index contributed by atoms with van der Waals surface area (Å²) in [5.74, 6) is 0. The first-order valence-corrected chi connectivity index (χ1v) is 9.97.